The molecule has 1 heterocycles. The first kappa shape index (κ1) is 14.4. The lowest BCUT2D eigenvalue weighted by Crippen LogP contribution is -2.38. The zero-order valence-corrected chi connectivity index (χ0v) is 12.2. The van der Waals surface area contributed by atoms with Crippen LogP contribution < -0.4 is 9.64 Å². The minimum atomic E-state index is -1.04. The molecule has 0 aromatic heterocycles. The number of amides is 1. The van der Waals surface area contributed by atoms with E-state index in [-0.39, 0.29) is 18.1 Å². The summed E-state index contributed by atoms with van der Waals surface area (Å²) in [5, 5.41) is 9.62. The molecule has 0 fully saturated rings. The van der Waals surface area contributed by atoms with Gasteiger partial charge in [-0.3, -0.25) is 4.79 Å². The van der Waals surface area contributed by atoms with Gasteiger partial charge in [0.05, 0.1) is 17.8 Å². The lowest BCUT2D eigenvalue weighted by atomic mass is 10.1. The second-order valence-corrected chi connectivity index (χ2v) is 5.32. The average molecular weight is 318 g/mol. The molecular formula is C16H12ClNO4. The zero-order valence-electron chi connectivity index (χ0n) is 11.5. The second-order valence-electron chi connectivity index (χ2n) is 4.89. The molecule has 0 radical (unpaired) electrons. The van der Waals surface area contributed by atoms with Gasteiger partial charge in [-0.2, -0.15) is 0 Å². The van der Waals surface area contributed by atoms with E-state index >= 15 is 0 Å². The minimum Gasteiger partial charge on any atom is -0.482 e. The van der Waals surface area contributed by atoms with Crippen molar-refractivity contribution >= 4 is 29.2 Å². The Kier molecular flexibility index (Phi) is 3.73. The van der Waals surface area contributed by atoms with Gasteiger partial charge in [0.1, 0.15) is 5.75 Å². The van der Waals surface area contributed by atoms with Crippen molar-refractivity contribution in [1.82, 2.24) is 0 Å². The Hall–Kier alpha value is -2.53. The first-order valence-electron chi connectivity index (χ1n) is 6.59. The summed E-state index contributed by atoms with van der Waals surface area (Å²) in [5.41, 5.74) is 1.56. The van der Waals surface area contributed by atoms with Gasteiger partial charge >= 0.3 is 5.97 Å². The Balaban J connectivity index is 1.95. The Morgan fingerprint density at radius 2 is 2.09 bits per heavy atom. The van der Waals surface area contributed by atoms with Crippen LogP contribution in [0.5, 0.6) is 5.75 Å². The lowest BCUT2D eigenvalue weighted by molar-refractivity contribution is -0.121. The number of aromatic carboxylic acids is 1. The third kappa shape index (κ3) is 2.76. The predicted molar refractivity (Wildman–Crippen MR) is 81.5 cm³/mol. The normalized spacial score (nSPS) is 13.5. The van der Waals surface area contributed by atoms with Gasteiger partial charge in [-0.1, -0.05) is 23.7 Å². The Labute approximate surface area is 131 Å². The zero-order chi connectivity index (χ0) is 15.7. The fourth-order valence-corrected chi connectivity index (χ4v) is 2.54. The number of carbonyl (C=O) groups excluding carboxylic acids is 1. The summed E-state index contributed by atoms with van der Waals surface area (Å²) >= 11 is 5.96. The summed E-state index contributed by atoms with van der Waals surface area (Å²) in [5.74, 6) is -0.832. The highest BCUT2D eigenvalue weighted by Gasteiger charge is 2.26. The van der Waals surface area contributed by atoms with Crippen molar-refractivity contribution < 1.29 is 19.4 Å². The molecule has 1 amide bonds. The number of carbonyl (C=O) groups is 2. The molecule has 0 aliphatic carbocycles. The topological polar surface area (TPSA) is 66.8 Å². The number of carboxylic acid groups (broad SMARTS) is 1. The Morgan fingerprint density at radius 3 is 2.82 bits per heavy atom. The van der Waals surface area contributed by atoms with E-state index in [9.17, 15) is 9.59 Å². The summed E-state index contributed by atoms with van der Waals surface area (Å²) in [4.78, 5) is 24.7. The van der Waals surface area contributed by atoms with E-state index in [0.717, 1.165) is 5.56 Å². The van der Waals surface area contributed by atoms with Gasteiger partial charge in [0, 0.05) is 5.02 Å². The van der Waals surface area contributed by atoms with E-state index in [0.29, 0.717) is 23.0 Å². The molecule has 1 aliphatic rings. The number of rotatable bonds is 3. The van der Waals surface area contributed by atoms with Crippen LogP contribution in [-0.2, 0) is 11.3 Å². The molecule has 2 aromatic carbocycles. The number of halogens is 1. The van der Waals surface area contributed by atoms with Crippen LogP contribution in [0.2, 0.25) is 5.02 Å². The van der Waals surface area contributed by atoms with Gasteiger partial charge in [-0.05, 0) is 35.9 Å². The van der Waals surface area contributed by atoms with E-state index < -0.39 is 5.97 Å². The molecule has 22 heavy (non-hydrogen) atoms. The molecule has 1 N–H and O–H groups in total. The third-order valence-electron chi connectivity index (χ3n) is 3.38. The number of benzene rings is 2. The molecule has 0 saturated heterocycles. The summed E-state index contributed by atoms with van der Waals surface area (Å²) in [6.45, 7) is 0.235. The first-order valence-corrected chi connectivity index (χ1v) is 6.97. The van der Waals surface area contributed by atoms with Crippen molar-refractivity contribution in [3.8, 4) is 5.75 Å². The monoisotopic (exact) mass is 317 g/mol. The fraction of sp³-hybridized carbons (Fsp3) is 0.125. The molecule has 2 aromatic rings. The molecular weight excluding hydrogens is 306 g/mol. The van der Waals surface area contributed by atoms with E-state index in [4.69, 9.17) is 21.4 Å². The number of hydrogen-bond acceptors (Lipinski definition) is 3. The van der Waals surface area contributed by atoms with Gasteiger partial charge in [0.2, 0.25) is 0 Å². The molecule has 3 rings (SSSR count). The standard InChI is InChI=1S/C16H12ClNO4/c17-12-3-1-2-10(6-12)8-18-13-5-4-11(16(20)21)7-14(13)22-9-15(18)19/h1-7H,8-9H2,(H,20,21). The van der Waals surface area contributed by atoms with Crippen LogP contribution in [0.1, 0.15) is 15.9 Å². The van der Waals surface area contributed by atoms with Crippen molar-refractivity contribution in [3.63, 3.8) is 0 Å². The van der Waals surface area contributed by atoms with E-state index in [2.05, 4.69) is 0 Å². The van der Waals surface area contributed by atoms with Crippen LogP contribution in [0, 0.1) is 0 Å². The maximum Gasteiger partial charge on any atom is 0.335 e. The molecule has 5 nitrogen and oxygen atoms in total. The van der Waals surface area contributed by atoms with Gasteiger partial charge < -0.3 is 14.7 Å². The van der Waals surface area contributed by atoms with Crippen molar-refractivity contribution in [2.45, 2.75) is 6.54 Å². The van der Waals surface area contributed by atoms with E-state index in [1.807, 2.05) is 12.1 Å². The fourth-order valence-electron chi connectivity index (χ4n) is 2.33. The summed E-state index contributed by atoms with van der Waals surface area (Å²) in [6, 6.07) is 11.7. The van der Waals surface area contributed by atoms with E-state index in [1.165, 1.54) is 12.1 Å². The number of ether oxygens (including phenoxy) is 1. The molecule has 6 heteroatoms. The highest BCUT2D eigenvalue weighted by molar-refractivity contribution is 6.30. The average Bonchev–Trinajstić information content (AvgIpc) is 2.49. The molecule has 0 bridgehead atoms. The molecule has 1 aliphatic heterocycles. The number of anilines is 1. The summed E-state index contributed by atoms with van der Waals surface area (Å²) < 4.78 is 5.34. The van der Waals surface area contributed by atoms with Crippen LogP contribution in [0.15, 0.2) is 42.5 Å². The highest BCUT2D eigenvalue weighted by Crippen LogP contribution is 2.34. The number of hydrogen-bond donors (Lipinski definition) is 1. The first-order chi connectivity index (χ1) is 10.5. The maximum atomic E-state index is 12.1. The van der Waals surface area contributed by atoms with Gasteiger partial charge in [0.15, 0.2) is 6.61 Å². The smallest absolute Gasteiger partial charge is 0.335 e. The van der Waals surface area contributed by atoms with Crippen molar-refractivity contribution in [3.05, 3.63) is 58.6 Å². The molecule has 112 valence electrons. The highest BCUT2D eigenvalue weighted by atomic mass is 35.5. The Morgan fingerprint density at radius 1 is 1.27 bits per heavy atom. The molecule has 0 atom stereocenters. The number of carboxylic acids is 1. The number of nitrogens with zero attached hydrogens (tertiary/aromatic N) is 1. The SMILES string of the molecule is O=C(O)c1ccc2c(c1)OCC(=O)N2Cc1cccc(Cl)c1. The van der Waals surface area contributed by atoms with Crippen molar-refractivity contribution in [1.29, 1.82) is 0 Å². The van der Waals surface area contributed by atoms with Gasteiger partial charge in [-0.25, -0.2) is 4.79 Å². The maximum absolute atomic E-state index is 12.1. The van der Waals surface area contributed by atoms with Crippen LogP contribution in [0.25, 0.3) is 0 Å². The minimum absolute atomic E-state index is 0.114. The van der Waals surface area contributed by atoms with Crippen LogP contribution in [-0.4, -0.2) is 23.6 Å². The number of fused-ring (bicyclic) bond motifs is 1. The Bertz CT molecular complexity index is 760. The third-order valence-corrected chi connectivity index (χ3v) is 3.61. The van der Waals surface area contributed by atoms with Gasteiger partial charge in [0.25, 0.3) is 5.91 Å². The summed E-state index contributed by atoms with van der Waals surface area (Å²) in [6.07, 6.45) is 0. The quantitative estimate of drug-likeness (QED) is 0.945. The van der Waals surface area contributed by atoms with Crippen LogP contribution in [0.4, 0.5) is 5.69 Å². The summed E-state index contributed by atoms with van der Waals surface area (Å²) in [7, 11) is 0. The molecule has 0 unspecified atom stereocenters. The van der Waals surface area contributed by atoms with Crippen molar-refractivity contribution in [2.75, 3.05) is 11.5 Å². The second kappa shape index (κ2) is 5.69. The van der Waals surface area contributed by atoms with Crippen LogP contribution in [0.3, 0.4) is 0 Å². The molecule has 0 saturated carbocycles. The lowest BCUT2D eigenvalue weighted by Gasteiger charge is -2.29. The van der Waals surface area contributed by atoms with Crippen LogP contribution >= 0.6 is 11.6 Å². The largest absolute Gasteiger partial charge is 0.482 e. The van der Waals surface area contributed by atoms with Gasteiger partial charge in [-0.15, -0.1) is 0 Å². The molecule has 0 spiro atoms. The van der Waals surface area contributed by atoms with Crippen molar-refractivity contribution in [2.24, 2.45) is 0 Å². The predicted octanol–water partition coefficient (Wildman–Crippen LogP) is 2.96. The van der Waals surface area contributed by atoms with E-state index in [1.54, 1.807) is 23.1 Å².